The molecule has 170 valence electrons. The molecule has 0 atom stereocenters. The summed E-state index contributed by atoms with van der Waals surface area (Å²) < 4.78 is 27.5. The van der Waals surface area contributed by atoms with Crippen LogP contribution in [0.2, 0.25) is 0 Å². The van der Waals surface area contributed by atoms with E-state index in [9.17, 15) is 0 Å². The first-order valence-electron chi connectivity index (χ1n) is 10.7. The molecule has 0 saturated carbocycles. The van der Waals surface area contributed by atoms with Gasteiger partial charge in [0.1, 0.15) is 39.3 Å². The molecule has 0 aliphatic carbocycles. The summed E-state index contributed by atoms with van der Waals surface area (Å²) in [7, 11) is 8.34. The zero-order valence-corrected chi connectivity index (χ0v) is 19.6. The van der Waals surface area contributed by atoms with Crippen LogP contribution in [-0.2, 0) is 13.1 Å². The minimum atomic E-state index is 0.662. The van der Waals surface area contributed by atoms with Gasteiger partial charge in [0.15, 0.2) is 23.0 Å². The Kier molecular flexibility index (Phi) is 7.87. The van der Waals surface area contributed by atoms with Crippen LogP contribution in [0.5, 0.6) is 28.7 Å². The number of methoxy groups -OCH3 is 5. The Labute approximate surface area is 185 Å². The van der Waals surface area contributed by atoms with Crippen molar-refractivity contribution in [3.8, 4) is 28.7 Å². The second kappa shape index (κ2) is 10.6. The van der Waals surface area contributed by atoms with Crippen LogP contribution in [0.4, 0.5) is 0 Å². The first kappa shape index (κ1) is 23.0. The van der Waals surface area contributed by atoms with E-state index in [1.54, 1.807) is 45.3 Å². The molecule has 0 aromatic heterocycles. The van der Waals surface area contributed by atoms with Crippen molar-refractivity contribution in [2.75, 3.05) is 61.7 Å². The zero-order chi connectivity index (χ0) is 22.4. The predicted molar refractivity (Wildman–Crippen MR) is 119 cm³/mol. The number of ether oxygens (including phenoxy) is 5. The van der Waals surface area contributed by atoms with E-state index in [2.05, 4.69) is 25.1 Å². The summed E-state index contributed by atoms with van der Waals surface area (Å²) in [6, 6.07) is 8.23. The molecule has 0 spiro atoms. The van der Waals surface area contributed by atoms with Crippen LogP contribution in [0.15, 0.2) is 24.3 Å². The summed E-state index contributed by atoms with van der Waals surface area (Å²) in [6.07, 6.45) is 0. The van der Waals surface area contributed by atoms with Crippen LogP contribution in [0.1, 0.15) is 16.7 Å². The number of piperazine rings is 1. The van der Waals surface area contributed by atoms with Crippen LogP contribution in [0.25, 0.3) is 0 Å². The smallest absolute Gasteiger partial charge is 0.203 e. The maximum atomic E-state index is 5.66. The van der Waals surface area contributed by atoms with Gasteiger partial charge in [0.2, 0.25) is 5.75 Å². The number of aryl methyl sites for hydroxylation is 1. The van der Waals surface area contributed by atoms with E-state index in [4.69, 9.17) is 23.7 Å². The van der Waals surface area contributed by atoms with Crippen LogP contribution in [0, 0.1) is 6.92 Å². The average Bonchev–Trinajstić information content (AvgIpc) is 2.80. The lowest BCUT2D eigenvalue weighted by atomic mass is 10.1. The second-order valence-electron chi connectivity index (χ2n) is 7.98. The average molecular weight is 433 g/mol. The fourth-order valence-corrected chi connectivity index (χ4v) is 4.36. The molecule has 2 aromatic carbocycles. The van der Waals surface area contributed by atoms with E-state index in [-0.39, 0.29) is 0 Å². The molecule has 0 amide bonds. The summed E-state index contributed by atoms with van der Waals surface area (Å²) in [6.45, 7) is 8.52. The third-order valence-electron chi connectivity index (χ3n) is 6.17. The van der Waals surface area contributed by atoms with Crippen molar-refractivity contribution in [1.82, 2.24) is 0 Å². The number of nitrogens with one attached hydrogen (secondary N) is 2. The molecule has 2 N–H and O–H groups in total. The van der Waals surface area contributed by atoms with Gasteiger partial charge in [0.25, 0.3) is 0 Å². The van der Waals surface area contributed by atoms with Gasteiger partial charge in [0.05, 0.1) is 41.1 Å². The van der Waals surface area contributed by atoms with Crippen molar-refractivity contribution in [1.29, 1.82) is 0 Å². The monoisotopic (exact) mass is 432 g/mol. The standard InChI is InChI=1S/C24H34N2O5/c1-17-13-21(28-3)22(29-4)14-19(17)16-26-11-9-25(10-12-26)15-18-7-8-20(27-2)24(31-6)23(18)30-5/h7-8,13-14H,9-12,15-16H2,1-6H3/p+2. The predicted octanol–water partition coefficient (Wildman–Crippen LogP) is 0.522. The highest BCUT2D eigenvalue weighted by molar-refractivity contribution is 5.55. The number of rotatable bonds is 9. The number of hydrogen-bond acceptors (Lipinski definition) is 5. The van der Waals surface area contributed by atoms with E-state index in [1.807, 2.05) is 6.07 Å². The van der Waals surface area contributed by atoms with E-state index in [0.717, 1.165) is 62.1 Å². The molecule has 2 aromatic rings. The SMILES string of the molecule is COc1cc(C)c(C[NH+]2CC[NH+](Cc3ccc(OC)c(OC)c3OC)CC2)cc1OC. The normalized spacial score (nSPS) is 18.4. The largest absolute Gasteiger partial charge is 0.493 e. The van der Waals surface area contributed by atoms with Gasteiger partial charge >= 0.3 is 0 Å². The molecule has 7 nitrogen and oxygen atoms in total. The second-order valence-corrected chi connectivity index (χ2v) is 7.98. The third-order valence-corrected chi connectivity index (χ3v) is 6.17. The van der Waals surface area contributed by atoms with E-state index < -0.39 is 0 Å². The van der Waals surface area contributed by atoms with Gasteiger partial charge in [-0.05, 0) is 36.8 Å². The van der Waals surface area contributed by atoms with Gasteiger partial charge in [-0.3, -0.25) is 0 Å². The lowest BCUT2D eigenvalue weighted by Gasteiger charge is -2.30. The molecule has 7 heteroatoms. The van der Waals surface area contributed by atoms with Crippen molar-refractivity contribution in [2.24, 2.45) is 0 Å². The molecule has 1 fully saturated rings. The Balaban J connectivity index is 1.63. The Morgan fingerprint density at radius 1 is 0.613 bits per heavy atom. The van der Waals surface area contributed by atoms with Crippen molar-refractivity contribution >= 4 is 0 Å². The van der Waals surface area contributed by atoms with Crippen LogP contribution < -0.4 is 33.5 Å². The summed E-state index contributed by atoms with van der Waals surface area (Å²) in [5.74, 6) is 3.71. The highest BCUT2D eigenvalue weighted by atomic mass is 16.5. The molecular weight excluding hydrogens is 396 g/mol. The lowest BCUT2D eigenvalue weighted by Crippen LogP contribution is -3.27. The van der Waals surface area contributed by atoms with Gasteiger partial charge in [0, 0.05) is 5.56 Å². The van der Waals surface area contributed by atoms with Crippen molar-refractivity contribution in [3.63, 3.8) is 0 Å². The van der Waals surface area contributed by atoms with E-state index >= 15 is 0 Å². The number of quaternary nitrogens is 2. The molecule has 1 heterocycles. The first-order valence-corrected chi connectivity index (χ1v) is 10.7. The van der Waals surface area contributed by atoms with E-state index in [0.29, 0.717) is 11.5 Å². The molecular formula is C24H36N2O5+2. The molecule has 3 rings (SSSR count). The highest BCUT2D eigenvalue weighted by Gasteiger charge is 2.26. The topological polar surface area (TPSA) is 55.0 Å². The summed E-state index contributed by atoms with van der Waals surface area (Å²) in [4.78, 5) is 3.15. The molecule has 1 aliphatic rings. The molecule has 1 saturated heterocycles. The fraction of sp³-hybridized carbons (Fsp3) is 0.500. The third kappa shape index (κ3) is 5.17. The Morgan fingerprint density at radius 3 is 1.65 bits per heavy atom. The Bertz CT molecular complexity index is 879. The molecule has 0 radical (unpaired) electrons. The first-order chi connectivity index (χ1) is 15.0. The highest BCUT2D eigenvalue weighted by Crippen LogP contribution is 2.39. The molecule has 31 heavy (non-hydrogen) atoms. The Morgan fingerprint density at radius 2 is 1.13 bits per heavy atom. The lowest BCUT2D eigenvalue weighted by molar-refractivity contribution is -1.02. The van der Waals surface area contributed by atoms with Gasteiger partial charge in [-0.15, -0.1) is 0 Å². The zero-order valence-electron chi connectivity index (χ0n) is 19.6. The maximum Gasteiger partial charge on any atom is 0.203 e. The van der Waals surface area contributed by atoms with Gasteiger partial charge < -0.3 is 33.5 Å². The van der Waals surface area contributed by atoms with Gasteiger partial charge in [-0.25, -0.2) is 0 Å². The quantitative estimate of drug-likeness (QED) is 0.605. The van der Waals surface area contributed by atoms with Crippen molar-refractivity contribution in [2.45, 2.75) is 20.0 Å². The van der Waals surface area contributed by atoms with Crippen LogP contribution in [0.3, 0.4) is 0 Å². The molecule has 1 aliphatic heterocycles. The molecule has 0 unspecified atom stereocenters. The summed E-state index contributed by atoms with van der Waals surface area (Å²) in [5, 5.41) is 0. The van der Waals surface area contributed by atoms with Crippen molar-refractivity contribution < 1.29 is 33.5 Å². The van der Waals surface area contributed by atoms with Crippen LogP contribution >= 0.6 is 0 Å². The minimum Gasteiger partial charge on any atom is -0.493 e. The number of hydrogen-bond donors (Lipinski definition) is 2. The van der Waals surface area contributed by atoms with Gasteiger partial charge in [-0.1, -0.05) is 0 Å². The molecule has 0 bridgehead atoms. The maximum absolute atomic E-state index is 5.66. The fourth-order valence-electron chi connectivity index (χ4n) is 4.36. The van der Waals surface area contributed by atoms with E-state index in [1.165, 1.54) is 11.1 Å². The van der Waals surface area contributed by atoms with Gasteiger partial charge in [-0.2, -0.15) is 0 Å². The van der Waals surface area contributed by atoms with Crippen molar-refractivity contribution in [3.05, 3.63) is 41.0 Å². The minimum absolute atomic E-state index is 0.662. The summed E-state index contributed by atoms with van der Waals surface area (Å²) >= 11 is 0. The number of benzene rings is 2. The Hall–Kier alpha value is -2.64. The van der Waals surface area contributed by atoms with Crippen LogP contribution in [-0.4, -0.2) is 61.7 Å². The summed E-state index contributed by atoms with van der Waals surface area (Å²) in [5.41, 5.74) is 3.71.